The number of nitrogens with zero attached hydrogens (tertiary/aromatic N) is 1. The Balaban J connectivity index is 2.08. The molecule has 0 aromatic heterocycles. The van der Waals surface area contributed by atoms with Crippen molar-refractivity contribution in [2.45, 2.75) is 18.9 Å². The lowest BCUT2D eigenvalue weighted by molar-refractivity contribution is -0.384. The highest BCUT2D eigenvalue weighted by atomic mass is 16.6. The second kappa shape index (κ2) is 8.58. The monoisotopic (exact) mass is 342 g/mol. The van der Waals surface area contributed by atoms with Crippen molar-refractivity contribution in [3.63, 3.8) is 0 Å². The SMILES string of the molecule is COC(=O)[C@H](CCc1ccccc1)NC(=O)c1cccc([N+](=O)[O-])c1. The Hall–Kier alpha value is -3.22. The number of methoxy groups -OCH3 is 1. The second-order valence-electron chi connectivity index (χ2n) is 5.38. The maximum absolute atomic E-state index is 12.3. The Morgan fingerprint density at radius 1 is 1.16 bits per heavy atom. The molecule has 0 unspecified atom stereocenters. The van der Waals surface area contributed by atoms with Gasteiger partial charge in [0.2, 0.25) is 0 Å². The summed E-state index contributed by atoms with van der Waals surface area (Å²) in [6.45, 7) is 0. The van der Waals surface area contributed by atoms with Gasteiger partial charge in [-0.05, 0) is 24.5 Å². The van der Waals surface area contributed by atoms with E-state index in [9.17, 15) is 19.7 Å². The highest BCUT2D eigenvalue weighted by molar-refractivity contribution is 5.97. The molecular formula is C18H18N2O5. The summed E-state index contributed by atoms with van der Waals surface area (Å²) in [5.74, 6) is -1.12. The zero-order chi connectivity index (χ0) is 18.2. The number of amides is 1. The minimum Gasteiger partial charge on any atom is -0.467 e. The lowest BCUT2D eigenvalue weighted by Crippen LogP contribution is -2.41. The Kier molecular flexibility index (Phi) is 6.22. The molecule has 0 bridgehead atoms. The van der Waals surface area contributed by atoms with Crippen LogP contribution in [0, 0.1) is 10.1 Å². The van der Waals surface area contributed by atoms with Gasteiger partial charge in [0.15, 0.2) is 0 Å². The van der Waals surface area contributed by atoms with Gasteiger partial charge >= 0.3 is 5.97 Å². The van der Waals surface area contributed by atoms with E-state index < -0.39 is 22.8 Å². The van der Waals surface area contributed by atoms with Crippen molar-refractivity contribution in [3.05, 3.63) is 75.8 Å². The Morgan fingerprint density at radius 3 is 2.52 bits per heavy atom. The zero-order valence-corrected chi connectivity index (χ0v) is 13.7. The average Bonchev–Trinajstić information content (AvgIpc) is 2.65. The summed E-state index contributed by atoms with van der Waals surface area (Å²) < 4.78 is 4.74. The molecule has 0 saturated heterocycles. The first-order valence-electron chi connectivity index (χ1n) is 7.68. The van der Waals surface area contributed by atoms with Gasteiger partial charge in [-0.3, -0.25) is 14.9 Å². The zero-order valence-electron chi connectivity index (χ0n) is 13.7. The van der Waals surface area contributed by atoms with Crippen molar-refractivity contribution in [3.8, 4) is 0 Å². The highest BCUT2D eigenvalue weighted by Crippen LogP contribution is 2.14. The van der Waals surface area contributed by atoms with Crippen molar-refractivity contribution < 1.29 is 19.2 Å². The van der Waals surface area contributed by atoms with E-state index in [-0.39, 0.29) is 11.3 Å². The van der Waals surface area contributed by atoms with Crippen LogP contribution in [0.15, 0.2) is 54.6 Å². The van der Waals surface area contributed by atoms with Crippen LogP contribution in [-0.4, -0.2) is 30.0 Å². The number of nitrogens with one attached hydrogen (secondary N) is 1. The van der Waals surface area contributed by atoms with Gasteiger partial charge in [-0.15, -0.1) is 0 Å². The third-order valence-corrected chi connectivity index (χ3v) is 3.67. The summed E-state index contributed by atoms with van der Waals surface area (Å²) in [5, 5.41) is 13.4. The molecule has 0 heterocycles. The molecule has 0 saturated carbocycles. The van der Waals surface area contributed by atoms with E-state index in [1.807, 2.05) is 30.3 Å². The normalized spacial score (nSPS) is 11.4. The largest absolute Gasteiger partial charge is 0.467 e. The lowest BCUT2D eigenvalue weighted by Gasteiger charge is -2.16. The number of benzene rings is 2. The summed E-state index contributed by atoms with van der Waals surface area (Å²) in [6.07, 6.45) is 0.938. The maximum atomic E-state index is 12.3. The van der Waals surface area contributed by atoms with E-state index in [1.165, 1.54) is 31.4 Å². The van der Waals surface area contributed by atoms with Crippen LogP contribution in [-0.2, 0) is 16.0 Å². The quantitative estimate of drug-likeness (QED) is 0.473. The van der Waals surface area contributed by atoms with Gasteiger partial charge in [0, 0.05) is 17.7 Å². The molecule has 0 spiro atoms. The first-order chi connectivity index (χ1) is 12.0. The number of rotatable bonds is 7. The van der Waals surface area contributed by atoms with Crippen molar-refractivity contribution in [1.29, 1.82) is 0 Å². The van der Waals surface area contributed by atoms with E-state index in [2.05, 4.69) is 5.32 Å². The molecule has 0 aliphatic rings. The molecule has 2 rings (SSSR count). The van der Waals surface area contributed by atoms with E-state index in [0.29, 0.717) is 12.8 Å². The molecule has 7 heteroatoms. The molecule has 25 heavy (non-hydrogen) atoms. The van der Waals surface area contributed by atoms with Crippen molar-refractivity contribution in [1.82, 2.24) is 5.32 Å². The van der Waals surface area contributed by atoms with E-state index >= 15 is 0 Å². The van der Waals surface area contributed by atoms with Crippen molar-refractivity contribution >= 4 is 17.6 Å². The van der Waals surface area contributed by atoms with E-state index in [0.717, 1.165) is 5.56 Å². The van der Waals surface area contributed by atoms with Crippen LogP contribution in [0.1, 0.15) is 22.3 Å². The van der Waals surface area contributed by atoms with Crippen LogP contribution in [0.5, 0.6) is 0 Å². The summed E-state index contributed by atoms with van der Waals surface area (Å²) in [4.78, 5) is 34.5. The molecular weight excluding hydrogens is 324 g/mol. The fraction of sp³-hybridized carbons (Fsp3) is 0.222. The predicted molar refractivity (Wildman–Crippen MR) is 91.1 cm³/mol. The molecule has 130 valence electrons. The number of carbonyl (C=O) groups excluding carboxylic acids is 2. The lowest BCUT2D eigenvalue weighted by atomic mass is 10.0. The number of hydrogen-bond acceptors (Lipinski definition) is 5. The number of nitro groups is 1. The number of non-ortho nitro benzene ring substituents is 1. The molecule has 0 fully saturated rings. The summed E-state index contributed by atoms with van der Waals surface area (Å²) in [5.41, 5.74) is 0.954. The van der Waals surface area contributed by atoms with Gasteiger partial charge in [0.1, 0.15) is 6.04 Å². The number of hydrogen-bond donors (Lipinski definition) is 1. The molecule has 1 N–H and O–H groups in total. The summed E-state index contributed by atoms with van der Waals surface area (Å²) >= 11 is 0. The Morgan fingerprint density at radius 2 is 1.88 bits per heavy atom. The van der Waals surface area contributed by atoms with Crippen LogP contribution in [0.25, 0.3) is 0 Å². The van der Waals surface area contributed by atoms with Crippen molar-refractivity contribution in [2.24, 2.45) is 0 Å². The molecule has 7 nitrogen and oxygen atoms in total. The fourth-order valence-electron chi connectivity index (χ4n) is 2.35. The number of carbonyl (C=O) groups is 2. The van der Waals surface area contributed by atoms with Crippen LogP contribution in [0.3, 0.4) is 0 Å². The van der Waals surface area contributed by atoms with E-state index in [1.54, 1.807) is 0 Å². The van der Waals surface area contributed by atoms with Crippen LogP contribution in [0.4, 0.5) is 5.69 Å². The summed E-state index contributed by atoms with van der Waals surface area (Å²) in [6, 6.07) is 14.0. The Labute approximate surface area is 144 Å². The molecule has 2 aromatic carbocycles. The minimum atomic E-state index is -0.836. The van der Waals surface area contributed by atoms with Gasteiger partial charge in [0.05, 0.1) is 12.0 Å². The average molecular weight is 342 g/mol. The first-order valence-corrected chi connectivity index (χ1v) is 7.68. The predicted octanol–water partition coefficient (Wildman–Crippen LogP) is 2.50. The molecule has 0 aliphatic heterocycles. The highest BCUT2D eigenvalue weighted by Gasteiger charge is 2.22. The van der Waals surface area contributed by atoms with Gasteiger partial charge < -0.3 is 10.1 Å². The van der Waals surface area contributed by atoms with Crippen molar-refractivity contribution in [2.75, 3.05) is 7.11 Å². The molecule has 0 radical (unpaired) electrons. The molecule has 2 aromatic rings. The topological polar surface area (TPSA) is 98.5 Å². The number of ether oxygens (including phenoxy) is 1. The minimum absolute atomic E-state index is 0.114. The second-order valence-corrected chi connectivity index (χ2v) is 5.38. The number of esters is 1. The molecule has 0 aliphatic carbocycles. The van der Waals surface area contributed by atoms with Gasteiger partial charge in [-0.2, -0.15) is 0 Å². The fourth-order valence-corrected chi connectivity index (χ4v) is 2.35. The molecule has 1 amide bonds. The van der Waals surface area contributed by atoms with Gasteiger partial charge in [-0.1, -0.05) is 36.4 Å². The first kappa shape index (κ1) is 18.1. The van der Waals surface area contributed by atoms with E-state index in [4.69, 9.17) is 4.74 Å². The third kappa shape index (κ3) is 5.13. The number of aryl methyl sites for hydroxylation is 1. The standard InChI is InChI=1S/C18H18N2O5/c1-25-18(22)16(11-10-13-6-3-2-4-7-13)19-17(21)14-8-5-9-15(12-14)20(23)24/h2-9,12,16H,10-11H2,1H3,(H,19,21)/t16-/m0/s1. The van der Waals surface area contributed by atoms with Crippen LogP contribution >= 0.6 is 0 Å². The molecule has 1 atom stereocenters. The van der Waals surface area contributed by atoms with Crippen LogP contribution in [0.2, 0.25) is 0 Å². The summed E-state index contributed by atoms with van der Waals surface area (Å²) in [7, 11) is 1.25. The Bertz CT molecular complexity index is 761. The smallest absolute Gasteiger partial charge is 0.328 e. The van der Waals surface area contributed by atoms with Gasteiger partial charge in [0.25, 0.3) is 11.6 Å². The number of nitro benzene ring substituents is 1. The van der Waals surface area contributed by atoms with Crippen LogP contribution < -0.4 is 5.32 Å². The third-order valence-electron chi connectivity index (χ3n) is 3.67. The van der Waals surface area contributed by atoms with Gasteiger partial charge in [-0.25, -0.2) is 4.79 Å². The maximum Gasteiger partial charge on any atom is 0.328 e.